The Morgan fingerprint density at radius 3 is 2.78 bits per heavy atom. The molecule has 1 fully saturated rings. The maximum Gasteiger partial charge on any atom is 0.191 e. The molecule has 152 valence electrons. The molecule has 0 saturated carbocycles. The molecule has 0 aliphatic carbocycles. The number of benzene rings is 1. The minimum atomic E-state index is 0.125. The van der Waals surface area contributed by atoms with E-state index in [2.05, 4.69) is 53.4 Å². The number of hydrogen-bond donors (Lipinski definition) is 2. The molecule has 1 aliphatic rings. The third-order valence-electron chi connectivity index (χ3n) is 5.02. The van der Waals surface area contributed by atoms with E-state index in [-0.39, 0.29) is 6.10 Å². The Morgan fingerprint density at radius 1 is 1.30 bits per heavy atom. The van der Waals surface area contributed by atoms with Crippen molar-refractivity contribution in [3.05, 3.63) is 35.9 Å². The normalized spacial score (nSPS) is 20.9. The van der Waals surface area contributed by atoms with Crippen molar-refractivity contribution >= 4 is 5.96 Å². The van der Waals surface area contributed by atoms with Crippen LogP contribution in [0.5, 0.6) is 0 Å². The first-order chi connectivity index (χ1) is 13.1. The monoisotopic (exact) mass is 376 g/mol. The van der Waals surface area contributed by atoms with Crippen LogP contribution in [0.2, 0.25) is 0 Å². The molecule has 0 aromatic heterocycles. The first-order valence-corrected chi connectivity index (χ1v) is 10.1. The highest BCUT2D eigenvalue weighted by atomic mass is 16.5. The topological polar surface area (TPSA) is 58.1 Å². The van der Waals surface area contributed by atoms with Gasteiger partial charge >= 0.3 is 0 Å². The number of rotatable bonds is 9. The fourth-order valence-electron chi connectivity index (χ4n) is 3.34. The number of aliphatic imine (C=N–C) groups is 1. The van der Waals surface area contributed by atoms with Crippen LogP contribution in [0, 0.1) is 0 Å². The van der Waals surface area contributed by atoms with Crippen molar-refractivity contribution in [3.8, 4) is 0 Å². The Morgan fingerprint density at radius 2 is 2.07 bits per heavy atom. The van der Waals surface area contributed by atoms with Crippen LogP contribution < -0.4 is 10.6 Å². The summed E-state index contributed by atoms with van der Waals surface area (Å²) in [4.78, 5) is 6.80. The van der Waals surface area contributed by atoms with Crippen LogP contribution in [0.4, 0.5) is 0 Å². The molecule has 1 saturated heterocycles. The molecule has 2 rings (SSSR count). The number of hydrogen-bond acceptors (Lipinski definition) is 4. The van der Waals surface area contributed by atoms with Gasteiger partial charge in [-0.2, -0.15) is 0 Å². The van der Waals surface area contributed by atoms with Gasteiger partial charge in [0.25, 0.3) is 0 Å². The highest BCUT2D eigenvalue weighted by Crippen LogP contribution is 2.15. The molecule has 3 atom stereocenters. The van der Waals surface area contributed by atoms with Crippen LogP contribution in [0.3, 0.4) is 0 Å². The molecule has 1 aromatic rings. The Labute approximate surface area is 164 Å². The second-order valence-electron chi connectivity index (χ2n) is 7.17. The zero-order valence-electron chi connectivity index (χ0n) is 17.3. The lowest BCUT2D eigenvalue weighted by atomic mass is 10.1. The summed E-state index contributed by atoms with van der Waals surface area (Å²) in [7, 11) is 1.81. The molecule has 1 heterocycles. The summed E-state index contributed by atoms with van der Waals surface area (Å²) >= 11 is 0. The quantitative estimate of drug-likeness (QED) is 0.394. The van der Waals surface area contributed by atoms with Crippen molar-refractivity contribution in [1.82, 2.24) is 15.5 Å². The van der Waals surface area contributed by atoms with Crippen LogP contribution in [0.15, 0.2) is 35.3 Å². The summed E-state index contributed by atoms with van der Waals surface area (Å²) in [5.41, 5.74) is 1.22. The van der Waals surface area contributed by atoms with E-state index in [1.165, 1.54) is 5.56 Å². The third-order valence-corrected chi connectivity index (χ3v) is 5.02. The molecule has 0 radical (unpaired) electrons. The molecular formula is C21H36N4O2. The molecule has 0 amide bonds. The van der Waals surface area contributed by atoms with Crippen molar-refractivity contribution in [2.24, 2.45) is 4.99 Å². The molecule has 1 aromatic carbocycles. The highest BCUT2D eigenvalue weighted by molar-refractivity contribution is 5.79. The van der Waals surface area contributed by atoms with E-state index in [4.69, 9.17) is 9.47 Å². The van der Waals surface area contributed by atoms with Gasteiger partial charge in [0, 0.05) is 45.4 Å². The van der Waals surface area contributed by atoms with Crippen LogP contribution in [0.25, 0.3) is 0 Å². The van der Waals surface area contributed by atoms with Crippen LogP contribution in [-0.2, 0) is 9.47 Å². The Balaban J connectivity index is 1.60. The average molecular weight is 377 g/mol. The second-order valence-corrected chi connectivity index (χ2v) is 7.17. The largest absolute Gasteiger partial charge is 0.379 e. The number of ether oxygens (including phenoxy) is 2. The van der Waals surface area contributed by atoms with Crippen molar-refractivity contribution in [2.75, 3.05) is 46.5 Å². The fourth-order valence-corrected chi connectivity index (χ4v) is 3.34. The highest BCUT2D eigenvalue weighted by Gasteiger charge is 2.23. The van der Waals surface area contributed by atoms with Gasteiger partial charge in [0.1, 0.15) is 0 Å². The fraction of sp³-hybridized carbons (Fsp3) is 0.667. The van der Waals surface area contributed by atoms with Gasteiger partial charge in [0.15, 0.2) is 5.96 Å². The zero-order chi connectivity index (χ0) is 19.5. The lowest BCUT2D eigenvalue weighted by molar-refractivity contribution is -0.0174. The van der Waals surface area contributed by atoms with E-state index < -0.39 is 0 Å². The van der Waals surface area contributed by atoms with Gasteiger partial charge in [-0.1, -0.05) is 30.3 Å². The average Bonchev–Trinajstić information content (AvgIpc) is 2.70. The molecule has 0 bridgehead atoms. The summed E-state index contributed by atoms with van der Waals surface area (Å²) in [5.74, 6) is 0.846. The van der Waals surface area contributed by atoms with Crippen molar-refractivity contribution in [3.63, 3.8) is 0 Å². The smallest absolute Gasteiger partial charge is 0.191 e. The summed E-state index contributed by atoms with van der Waals surface area (Å²) in [5, 5.41) is 6.80. The van der Waals surface area contributed by atoms with Crippen LogP contribution >= 0.6 is 0 Å². The predicted molar refractivity (Wildman–Crippen MR) is 111 cm³/mol. The predicted octanol–water partition coefficient (Wildman–Crippen LogP) is 2.43. The Hall–Kier alpha value is -1.63. The molecule has 3 unspecified atom stereocenters. The van der Waals surface area contributed by atoms with Gasteiger partial charge in [-0.15, -0.1) is 0 Å². The number of nitrogens with zero attached hydrogens (tertiary/aromatic N) is 2. The summed E-state index contributed by atoms with van der Waals surface area (Å²) in [6, 6.07) is 11.2. The SMILES string of the molecule is CN=C(NCCCOC(C)c1ccccc1)NCC(C)N1CCOCC1C. The van der Waals surface area contributed by atoms with Crippen molar-refractivity contribution < 1.29 is 9.47 Å². The first-order valence-electron chi connectivity index (χ1n) is 10.1. The third kappa shape index (κ3) is 7.48. The number of guanidine groups is 1. The van der Waals surface area contributed by atoms with Gasteiger partial charge in [0.2, 0.25) is 0 Å². The minimum absolute atomic E-state index is 0.125. The minimum Gasteiger partial charge on any atom is -0.379 e. The van der Waals surface area contributed by atoms with Gasteiger partial charge in [-0.05, 0) is 32.8 Å². The summed E-state index contributed by atoms with van der Waals surface area (Å²) in [6.45, 7) is 11.6. The lowest BCUT2D eigenvalue weighted by Crippen LogP contribution is -2.53. The molecule has 6 heteroatoms. The van der Waals surface area contributed by atoms with Crippen molar-refractivity contribution in [2.45, 2.75) is 45.4 Å². The van der Waals surface area contributed by atoms with Gasteiger partial charge in [-0.3, -0.25) is 9.89 Å². The van der Waals surface area contributed by atoms with E-state index in [1.54, 1.807) is 0 Å². The van der Waals surface area contributed by atoms with Gasteiger partial charge in [-0.25, -0.2) is 0 Å². The molecule has 2 N–H and O–H groups in total. The molecular weight excluding hydrogens is 340 g/mol. The Bertz CT molecular complexity index is 552. The van der Waals surface area contributed by atoms with E-state index >= 15 is 0 Å². The number of nitrogens with one attached hydrogen (secondary N) is 2. The Kier molecular flexibility index (Phi) is 9.59. The van der Waals surface area contributed by atoms with Crippen LogP contribution in [-0.4, -0.2) is 69.4 Å². The zero-order valence-corrected chi connectivity index (χ0v) is 17.3. The molecule has 27 heavy (non-hydrogen) atoms. The van der Waals surface area contributed by atoms with Gasteiger partial charge in [0.05, 0.1) is 19.3 Å². The van der Waals surface area contributed by atoms with Crippen molar-refractivity contribution in [1.29, 1.82) is 0 Å². The van der Waals surface area contributed by atoms with Crippen LogP contribution in [0.1, 0.15) is 38.9 Å². The number of morpholine rings is 1. The second kappa shape index (κ2) is 12.0. The van der Waals surface area contributed by atoms with E-state index in [0.29, 0.717) is 12.1 Å². The van der Waals surface area contributed by atoms with Gasteiger partial charge < -0.3 is 20.1 Å². The first kappa shape index (κ1) is 21.7. The standard InChI is InChI=1S/C21H36N4O2/c1-17(25-12-14-26-16-18(25)2)15-24-21(22-4)23-11-8-13-27-19(3)20-9-6-5-7-10-20/h5-7,9-10,17-19H,8,11-16H2,1-4H3,(H2,22,23,24). The molecule has 6 nitrogen and oxygen atoms in total. The molecule has 0 spiro atoms. The lowest BCUT2D eigenvalue weighted by Gasteiger charge is -2.38. The maximum absolute atomic E-state index is 5.91. The van der Waals surface area contributed by atoms with E-state index in [1.807, 2.05) is 25.2 Å². The van der Waals surface area contributed by atoms with E-state index in [0.717, 1.165) is 51.8 Å². The van der Waals surface area contributed by atoms with E-state index in [9.17, 15) is 0 Å². The summed E-state index contributed by atoms with van der Waals surface area (Å²) in [6.07, 6.45) is 1.06. The maximum atomic E-state index is 5.91. The molecule has 1 aliphatic heterocycles. The summed E-state index contributed by atoms with van der Waals surface area (Å²) < 4.78 is 11.4.